The van der Waals surface area contributed by atoms with Crippen molar-refractivity contribution in [2.45, 2.75) is 57.5 Å². The number of rotatable bonds is 5. The Bertz CT molecular complexity index is 147. The number of nitrogens with zero attached hydrogens (tertiary/aromatic N) is 1. The van der Waals surface area contributed by atoms with Crippen LogP contribution in [0.25, 0.3) is 0 Å². The van der Waals surface area contributed by atoms with Crippen molar-refractivity contribution in [3.8, 4) is 0 Å². The van der Waals surface area contributed by atoms with Crippen molar-refractivity contribution < 1.29 is 0 Å². The Morgan fingerprint density at radius 3 is 2.64 bits per heavy atom. The predicted molar refractivity (Wildman–Crippen MR) is 62.6 cm³/mol. The average Bonchev–Trinajstić information content (AvgIpc) is 2.25. The van der Waals surface area contributed by atoms with Crippen LogP contribution in [-0.2, 0) is 0 Å². The molecule has 0 saturated heterocycles. The second kappa shape index (κ2) is 6.41. The van der Waals surface area contributed by atoms with E-state index < -0.39 is 0 Å². The SMILES string of the molecule is CCCCN(C)C1CCCCC1NC. The van der Waals surface area contributed by atoms with Gasteiger partial charge in [0.2, 0.25) is 0 Å². The summed E-state index contributed by atoms with van der Waals surface area (Å²) in [6.07, 6.45) is 8.21. The van der Waals surface area contributed by atoms with Gasteiger partial charge in [-0.05, 0) is 39.9 Å². The van der Waals surface area contributed by atoms with Crippen LogP contribution in [0.15, 0.2) is 0 Å². The fourth-order valence-electron chi connectivity index (χ4n) is 2.55. The van der Waals surface area contributed by atoms with E-state index in [1.54, 1.807) is 0 Å². The largest absolute Gasteiger partial charge is 0.315 e. The normalized spacial score (nSPS) is 28.3. The van der Waals surface area contributed by atoms with Gasteiger partial charge in [0.1, 0.15) is 0 Å². The summed E-state index contributed by atoms with van der Waals surface area (Å²) in [6, 6.07) is 1.51. The molecule has 84 valence electrons. The van der Waals surface area contributed by atoms with Gasteiger partial charge in [-0.2, -0.15) is 0 Å². The molecule has 1 saturated carbocycles. The second-order valence-electron chi connectivity index (χ2n) is 4.58. The van der Waals surface area contributed by atoms with E-state index in [0.29, 0.717) is 0 Å². The van der Waals surface area contributed by atoms with E-state index in [-0.39, 0.29) is 0 Å². The zero-order valence-electron chi connectivity index (χ0n) is 10.1. The Kier molecular flexibility index (Phi) is 5.49. The summed E-state index contributed by atoms with van der Waals surface area (Å²) in [6.45, 7) is 3.53. The fourth-order valence-corrected chi connectivity index (χ4v) is 2.55. The molecule has 0 radical (unpaired) electrons. The summed E-state index contributed by atoms with van der Waals surface area (Å²) in [4.78, 5) is 2.56. The van der Waals surface area contributed by atoms with E-state index in [0.717, 1.165) is 12.1 Å². The number of unbranched alkanes of at least 4 members (excludes halogenated alkanes) is 1. The highest BCUT2D eigenvalue weighted by molar-refractivity contribution is 4.86. The molecule has 0 aromatic heterocycles. The number of nitrogens with one attached hydrogen (secondary N) is 1. The van der Waals surface area contributed by atoms with E-state index >= 15 is 0 Å². The third-order valence-corrected chi connectivity index (χ3v) is 3.53. The lowest BCUT2D eigenvalue weighted by atomic mass is 9.89. The average molecular weight is 198 g/mol. The van der Waals surface area contributed by atoms with Crippen molar-refractivity contribution in [2.75, 3.05) is 20.6 Å². The first-order valence-electron chi connectivity index (χ1n) is 6.17. The molecule has 0 aliphatic heterocycles. The fraction of sp³-hybridized carbons (Fsp3) is 1.00. The minimum Gasteiger partial charge on any atom is -0.315 e. The van der Waals surface area contributed by atoms with Crippen molar-refractivity contribution in [1.29, 1.82) is 0 Å². The number of hydrogen-bond acceptors (Lipinski definition) is 2. The highest BCUT2D eigenvalue weighted by atomic mass is 15.2. The third kappa shape index (κ3) is 3.25. The van der Waals surface area contributed by atoms with Crippen LogP contribution in [0, 0.1) is 0 Å². The van der Waals surface area contributed by atoms with Gasteiger partial charge in [-0.25, -0.2) is 0 Å². The van der Waals surface area contributed by atoms with Gasteiger partial charge in [-0.1, -0.05) is 26.2 Å². The van der Waals surface area contributed by atoms with Crippen LogP contribution in [0.1, 0.15) is 45.4 Å². The van der Waals surface area contributed by atoms with Crippen molar-refractivity contribution in [1.82, 2.24) is 10.2 Å². The standard InChI is InChI=1S/C12H26N2/c1-4-5-10-14(3)12-9-7-6-8-11(12)13-2/h11-13H,4-10H2,1-3H3. The van der Waals surface area contributed by atoms with Gasteiger partial charge >= 0.3 is 0 Å². The molecule has 1 aliphatic rings. The Balaban J connectivity index is 2.37. The van der Waals surface area contributed by atoms with E-state index in [4.69, 9.17) is 0 Å². The van der Waals surface area contributed by atoms with Crippen LogP contribution in [0.4, 0.5) is 0 Å². The summed E-state index contributed by atoms with van der Waals surface area (Å²) in [5, 5.41) is 3.47. The smallest absolute Gasteiger partial charge is 0.0246 e. The van der Waals surface area contributed by atoms with E-state index in [1.807, 2.05) is 0 Å². The van der Waals surface area contributed by atoms with Gasteiger partial charge in [0, 0.05) is 12.1 Å². The molecule has 0 bridgehead atoms. The minimum atomic E-state index is 0.727. The minimum absolute atomic E-state index is 0.727. The second-order valence-corrected chi connectivity index (χ2v) is 4.58. The van der Waals surface area contributed by atoms with Crippen LogP contribution >= 0.6 is 0 Å². The molecule has 1 fully saturated rings. The van der Waals surface area contributed by atoms with Crippen LogP contribution in [0.2, 0.25) is 0 Å². The topological polar surface area (TPSA) is 15.3 Å². The van der Waals surface area contributed by atoms with E-state index in [2.05, 4.69) is 31.2 Å². The van der Waals surface area contributed by atoms with Crippen molar-refractivity contribution in [3.63, 3.8) is 0 Å². The molecule has 0 heterocycles. The van der Waals surface area contributed by atoms with Gasteiger partial charge in [-0.15, -0.1) is 0 Å². The number of hydrogen-bond donors (Lipinski definition) is 1. The van der Waals surface area contributed by atoms with Crippen molar-refractivity contribution >= 4 is 0 Å². The number of likely N-dealkylation sites (N-methyl/N-ethyl adjacent to an activating group) is 2. The maximum atomic E-state index is 3.47. The monoisotopic (exact) mass is 198 g/mol. The molecule has 0 spiro atoms. The van der Waals surface area contributed by atoms with Crippen LogP contribution in [0.5, 0.6) is 0 Å². The Morgan fingerprint density at radius 2 is 2.00 bits per heavy atom. The molecular weight excluding hydrogens is 172 g/mol. The first-order chi connectivity index (χ1) is 6.79. The molecule has 1 aliphatic carbocycles. The predicted octanol–water partition coefficient (Wildman–Crippen LogP) is 2.25. The summed E-state index contributed by atoms with van der Waals surface area (Å²) in [5.41, 5.74) is 0. The highest BCUT2D eigenvalue weighted by Crippen LogP contribution is 2.22. The molecular formula is C12H26N2. The lowest BCUT2D eigenvalue weighted by Crippen LogP contribution is -2.49. The molecule has 1 N–H and O–H groups in total. The zero-order chi connectivity index (χ0) is 10.4. The van der Waals surface area contributed by atoms with Gasteiger partial charge in [0.15, 0.2) is 0 Å². The lowest BCUT2D eigenvalue weighted by molar-refractivity contribution is 0.152. The van der Waals surface area contributed by atoms with Crippen molar-refractivity contribution in [3.05, 3.63) is 0 Å². The van der Waals surface area contributed by atoms with E-state index in [9.17, 15) is 0 Å². The zero-order valence-corrected chi connectivity index (χ0v) is 10.1. The van der Waals surface area contributed by atoms with Gasteiger partial charge < -0.3 is 10.2 Å². The summed E-state index contributed by atoms with van der Waals surface area (Å²) in [5.74, 6) is 0. The Labute approximate surface area is 89.1 Å². The molecule has 2 nitrogen and oxygen atoms in total. The van der Waals surface area contributed by atoms with Gasteiger partial charge in [0.05, 0.1) is 0 Å². The van der Waals surface area contributed by atoms with Crippen LogP contribution in [0.3, 0.4) is 0 Å². The van der Waals surface area contributed by atoms with Crippen LogP contribution < -0.4 is 5.32 Å². The summed E-state index contributed by atoms with van der Waals surface area (Å²) in [7, 11) is 4.40. The van der Waals surface area contributed by atoms with Gasteiger partial charge in [-0.3, -0.25) is 0 Å². The maximum absolute atomic E-state index is 3.47. The molecule has 2 unspecified atom stereocenters. The highest BCUT2D eigenvalue weighted by Gasteiger charge is 2.26. The Hall–Kier alpha value is -0.0800. The molecule has 14 heavy (non-hydrogen) atoms. The van der Waals surface area contributed by atoms with Gasteiger partial charge in [0.25, 0.3) is 0 Å². The third-order valence-electron chi connectivity index (χ3n) is 3.53. The molecule has 0 aromatic rings. The Morgan fingerprint density at radius 1 is 1.29 bits per heavy atom. The summed E-state index contributed by atoms with van der Waals surface area (Å²) >= 11 is 0. The molecule has 2 heteroatoms. The first-order valence-corrected chi connectivity index (χ1v) is 6.17. The van der Waals surface area contributed by atoms with E-state index in [1.165, 1.54) is 45.1 Å². The summed E-state index contributed by atoms with van der Waals surface area (Å²) < 4.78 is 0. The quantitative estimate of drug-likeness (QED) is 0.729. The first kappa shape index (κ1) is 12.0. The molecule has 2 atom stereocenters. The maximum Gasteiger partial charge on any atom is 0.0246 e. The lowest BCUT2D eigenvalue weighted by Gasteiger charge is -2.38. The molecule has 0 aromatic carbocycles. The van der Waals surface area contributed by atoms with Crippen LogP contribution in [-0.4, -0.2) is 37.6 Å². The van der Waals surface area contributed by atoms with Crippen molar-refractivity contribution in [2.24, 2.45) is 0 Å². The molecule has 1 rings (SSSR count). The molecule has 0 amide bonds.